The van der Waals surface area contributed by atoms with E-state index in [1.54, 1.807) is 0 Å². The third-order valence-corrected chi connectivity index (χ3v) is 4.14. The van der Waals surface area contributed by atoms with E-state index in [1.165, 1.54) is 22.9 Å². The Labute approximate surface area is 125 Å². The minimum atomic E-state index is -4.30. The number of nitrogens with zero attached hydrogens (tertiary/aromatic N) is 2. The number of rotatable bonds is 4. The molecule has 1 aliphatic heterocycles. The number of anilines is 1. The maximum Gasteiger partial charge on any atom is 0.351 e. The van der Waals surface area contributed by atoms with Gasteiger partial charge in [-0.2, -0.15) is 4.98 Å². The van der Waals surface area contributed by atoms with Gasteiger partial charge in [-0.3, -0.25) is 9.13 Å². The van der Waals surface area contributed by atoms with Crippen molar-refractivity contribution in [3.63, 3.8) is 0 Å². The minimum absolute atomic E-state index is 0.0111. The summed E-state index contributed by atoms with van der Waals surface area (Å²) in [6.07, 6.45) is 3.01. The second-order valence-electron chi connectivity index (χ2n) is 4.76. The summed E-state index contributed by atoms with van der Waals surface area (Å²) in [4.78, 5) is 33.2. The molecule has 10 heteroatoms. The Morgan fingerprint density at radius 1 is 1.67 bits per heavy atom. The Hall–Kier alpha value is -1.18. The SMILES string of the molecule is Nc1ccn(C2CCC(/C=C/P(=O)(O)O)(CCl)O2)c(=O)n1. The number of alkyl halides is 1. The molecule has 0 aliphatic carbocycles. The number of hydrogen-bond donors (Lipinski definition) is 3. The van der Waals surface area contributed by atoms with Crippen LogP contribution in [-0.2, 0) is 9.30 Å². The molecule has 1 aromatic heterocycles. The zero-order valence-corrected chi connectivity index (χ0v) is 12.6. The second kappa shape index (κ2) is 5.90. The van der Waals surface area contributed by atoms with Crippen molar-refractivity contribution in [3.8, 4) is 0 Å². The summed E-state index contributed by atoms with van der Waals surface area (Å²) >= 11 is 5.86. The highest BCUT2D eigenvalue weighted by molar-refractivity contribution is 7.55. The summed E-state index contributed by atoms with van der Waals surface area (Å²) in [7, 11) is -4.30. The van der Waals surface area contributed by atoms with Crippen molar-refractivity contribution in [2.24, 2.45) is 0 Å². The monoisotopic (exact) mass is 335 g/mol. The molecule has 0 radical (unpaired) electrons. The van der Waals surface area contributed by atoms with E-state index in [-0.39, 0.29) is 11.7 Å². The van der Waals surface area contributed by atoms with Crippen LogP contribution in [0.5, 0.6) is 0 Å². The molecule has 1 saturated heterocycles. The molecule has 2 unspecified atom stereocenters. The van der Waals surface area contributed by atoms with Gasteiger partial charge in [0.15, 0.2) is 0 Å². The van der Waals surface area contributed by atoms with Crippen LogP contribution in [0, 0.1) is 0 Å². The Kier molecular flexibility index (Phi) is 4.55. The van der Waals surface area contributed by atoms with E-state index in [1.807, 2.05) is 0 Å². The molecule has 1 fully saturated rings. The fraction of sp³-hybridized carbons (Fsp3) is 0.455. The molecule has 1 aliphatic rings. The van der Waals surface area contributed by atoms with Gasteiger partial charge in [0.1, 0.15) is 17.6 Å². The lowest BCUT2D eigenvalue weighted by Crippen LogP contribution is -2.31. The van der Waals surface area contributed by atoms with Crippen molar-refractivity contribution in [3.05, 3.63) is 34.6 Å². The molecule has 4 N–H and O–H groups in total. The summed E-state index contributed by atoms with van der Waals surface area (Å²) in [5, 5.41) is 0. The molecule has 0 amide bonds. The van der Waals surface area contributed by atoms with Crippen LogP contribution in [0.2, 0.25) is 0 Å². The van der Waals surface area contributed by atoms with Gasteiger partial charge in [-0.1, -0.05) is 0 Å². The van der Waals surface area contributed by atoms with Gasteiger partial charge in [-0.25, -0.2) is 4.79 Å². The lowest BCUT2D eigenvalue weighted by molar-refractivity contribution is -0.0328. The first-order valence-corrected chi connectivity index (χ1v) is 8.30. The van der Waals surface area contributed by atoms with E-state index >= 15 is 0 Å². The van der Waals surface area contributed by atoms with E-state index < -0.39 is 25.1 Å². The average molecular weight is 336 g/mol. The van der Waals surface area contributed by atoms with Crippen LogP contribution in [0.25, 0.3) is 0 Å². The zero-order valence-electron chi connectivity index (χ0n) is 10.9. The Balaban J connectivity index is 2.23. The van der Waals surface area contributed by atoms with E-state index in [2.05, 4.69) is 4.98 Å². The lowest BCUT2D eigenvalue weighted by Gasteiger charge is -2.24. The molecule has 2 heterocycles. The molecule has 2 rings (SSSR count). The van der Waals surface area contributed by atoms with Crippen molar-refractivity contribution in [2.75, 3.05) is 11.6 Å². The van der Waals surface area contributed by atoms with Gasteiger partial charge >= 0.3 is 13.3 Å². The number of ether oxygens (including phenoxy) is 1. The van der Waals surface area contributed by atoms with E-state index in [4.69, 9.17) is 31.9 Å². The molecule has 0 saturated carbocycles. The first kappa shape index (κ1) is 16.2. The molecule has 1 aromatic rings. The van der Waals surface area contributed by atoms with Gasteiger partial charge in [-0.15, -0.1) is 11.6 Å². The summed E-state index contributed by atoms with van der Waals surface area (Å²) in [6, 6.07) is 1.47. The Bertz CT molecular complexity index is 658. The van der Waals surface area contributed by atoms with Crippen LogP contribution in [0.15, 0.2) is 29.0 Å². The Morgan fingerprint density at radius 2 is 2.38 bits per heavy atom. The second-order valence-corrected chi connectivity index (χ2v) is 6.50. The third kappa shape index (κ3) is 3.93. The molecule has 2 atom stereocenters. The van der Waals surface area contributed by atoms with E-state index in [9.17, 15) is 9.36 Å². The van der Waals surface area contributed by atoms with Crippen LogP contribution < -0.4 is 11.4 Å². The van der Waals surface area contributed by atoms with Crippen molar-refractivity contribution in [1.82, 2.24) is 9.55 Å². The van der Waals surface area contributed by atoms with Crippen LogP contribution in [0.3, 0.4) is 0 Å². The predicted molar refractivity (Wildman–Crippen MR) is 76.9 cm³/mol. The van der Waals surface area contributed by atoms with Crippen LogP contribution in [0.4, 0.5) is 5.82 Å². The van der Waals surface area contributed by atoms with Gasteiger partial charge in [0.25, 0.3) is 0 Å². The zero-order chi connectivity index (χ0) is 15.7. The highest BCUT2D eigenvalue weighted by Gasteiger charge is 2.39. The van der Waals surface area contributed by atoms with Gasteiger partial charge in [0, 0.05) is 12.0 Å². The summed E-state index contributed by atoms with van der Waals surface area (Å²) in [5.74, 6) is 0.887. The summed E-state index contributed by atoms with van der Waals surface area (Å²) in [5.41, 5.74) is 3.85. The molecular weight excluding hydrogens is 321 g/mol. The Morgan fingerprint density at radius 3 is 2.95 bits per heavy atom. The first-order valence-electron chi connectivity index (χ1n) is 6.09. The average Bonchev–Trinajstić information content (AvgIpc) is 2.81. The van der Waals surface area contributed by atoms with Crippen LogP contribution in [-0.4, -0.2) is 30.8 Å². The maximum atomic E-state index is 11.8. The van der Waals surface area contributed by atoms with Gasteiger partial charge < -0.3 is 20.3 Å². The first-order chi connectivity index (χ1) is 9.75. The normalized spacial score (nSPS) is 26.5. The maximum absolute atomic E-state index is 11.8. The quantitative estimate of drug-likeness (QED) is 0.548. The standard InChI is InChI=1S/C11H15ClN3O5P/c12-7-11(4-6-21(17,18)19)3-1-9(20-11)15-5-2-8(13)14-10(15)16/h2,4-6,9H,1,3,7H2,(H2,13,14,16)(H2,17,18,19)/b6-4+. The number of hydrogen-bond acceptors (Lipinski definition) is 5. The number of nitrogens with two attached hydrogens (primary N) is 1. The number of aromatic nitrogens is 2. The molecule has 21 heavy (non-hydrogen) atoms. The van der Waals surface area contributed by atoms with Gasteiger partial charge in [-0.05, 0) is 25.0 Å². The molecule has 8 nitrogen and oxygen atoms in total. The van der Waals surface area contributed by atoms with Gasteiger partial charge in [0.2, 0.25) is 0 Å². The lowest BCUT2D eigenvalue weighted by atomic mass is 10.0. The molecule has 0 aromatic carbocycles. The van der Waals surface area contributed by atoms with Gasteiger partial charge in [0.05, 0.1) is 5.88 Å². The van der Waals surface area contributed by atoms with E-state index in [0.717, 1.165) is 5.82 Å². The predicted octanol–water partition coefficient (Wildman–Crippen LogP) is 0.803. The van der Waals surface area contributed by atoms with Crippen molar-refractivity contribution in [1.29, 1.82) is 0 Å². The molecular formula is C11H15ClN3O5P. The number of halogens is 1. The highest BCUT2D eigenvalue weighted by Crippen LogP contribution is 2.42. The molecule has 116 valence electrons. The topological polar surface area (TPSA) is 128 Å². The highest BCUT2D eigenvalue weighted by atomic mass is 35.5. The smallest absolute Gasteiger partial charge is 0.351 e. The molecule has 0 bridgehead atoms. The summed E-state index contributed by atoms with van der Waals surface area (Å²) < 4.78 is 17.9. The third-order valence-electron chi connectivity index (χ3n) is 3.15. The van der Waals surface area contributed by atoms with Crippen LogP contribution in [0.1, 0.15) is 19.1 Å². The summed E-state index contributed by atoms with van der Waals surface area (Å²) in [6.45, 7) is 0. The largest absolute Gasteiger partial charge is 0.383 e. The van der Waals surface area contributed by atoms with E-state index in [0.29, 0.717) is 12.8 Å². The van der Waals surface area contributed by atoms with Crippen LogP contribution >= 0.6 is 19.2 Å². The molecule has 0 spiro atoms. The van der Waals surface area contributed by atoms with Crippen molar-refractivity contribution < 1.29 is 19.1 Å². The fourth-order valence-corrected chi connectivity index (χ4v) is 2.85. The number of nitrogen functional groups attached to an aromatic ring is 1. The van der Waals surface area contributed by atoms with Crippen molar-refractivity contribution >= 4 is 25.0 Å². The minimum Gasteiger partial charge on any atom is -0.383 e. The van der Waals surface area contributed by atoms with Crippen molar-refractivity contribution in [2.45, 2.75) is 24.7 Å². The fourth-order valence-electron chi connectivity index (χ4n) is 2.10.